The van der Waals surface area contributed by atoms with Crippen molar-refractivity contribution in [2.75, 3.05) is 25.6 Å². The van der Waals surface area contributed by atoms with Gasteiger partial charge in [-0.2, -0.15) is 13.2 Å². The third-order valence-electron chi connectivity index (χ3n) is 3.96. The lowest BCUT2D eigenvalue weighted by Crippen LogP contribution is -2.38. The lowest BCUT2D eigenvalue weighted by molar-refractivity contribution is -0.137. The number of amides is 1. The molecule has 1 saturated heterocycles. The molecule has 0 spiro atoms. The average molecular weight is 470 g/mol. The molecule has 0 unspecified atom stereocenters. The molecule has 0 aromatic carbocycles. The molecule has 1 aliphatic heterocycles. The highest BCUT2D eigenvalue weighted by Crippen LogP contribution is 2.33. The highest BCUT2D eigenvalue weighted by molar-refractivity contribution is 7.80. The van der Waals surface area contributed by atoms with Gasteiger partial charge in [-0.15, -0.1) is 0 Å². The molecule has 10 nitrogen and oxygen atoms in total. The maximum absolute atomic E-state index is 13.0. The number of nitrogens with one attached hydrogen (secondary N) is 4. The minimum Gasteiger partial charge on any atom is -0.484 e. The number of nitrogens with zero attached hydrogens (tertiary/aromatic N) is 2. The van der Waals surface area contributed by atoms with Crippen LogP contribution in [-0.4, -0.2) is 53.4 Å². The molecule has 170 valence electrons. The van der Waals surface area contributed by atoms with Crippen LogP contribution in [0.2, 0.25) is 0 Å². The third-order valence-corrected chi connectivity index (χ3v) is 4.16. The van der Waals surface area contributed by atoms with Gasteiger partial charge in [-0.25, -0.2) is 14.8 Å². The second-order valence-corrected chi connectivity index (χ2v) is 6.73. The first-order valence-electron chi connectivity index (χ1n) is 9.00. The van der Waals surface area contributed by atoms with Crippen LogP contribution in [0.1, 0.15) is 11.3 Å². The standard InChI is InChI=1S/C18H17F3N6O4S/c1-23-17(28)31-13-4-9(18(19,20)21)5-25-15(13)27-16(32)26-14(22)12-3-2-10(6-24-12)30-11-7-29-8-11/h2-6,11H,7-8H2,1H3,(H,23,28)(H3,22,25,26,27,32). The van der Waals surface area contributed by atoms with Crippen molar-refractivity contribution in [2.45, 2.75) is 12.3 Å². The minimum absolute atomic E-state index is 0.0283. The van der Waals surface area contributed by atoms with E-state index in [-0.39, 0.29) is 28.6 Å². The molecule has 0 aliphatic carbocycles. The van der Waals surface area contributed by atoms with E-state index in [1.54, 1.807) is 6.07 Å². The lowest BCUT2D eigenvalue weighted by atomic mass is 10.2. The molecule has 14 heteroatoms. The number of aromatic nitrogens is 2. The first-order valence-corrected chi connectivity index (χ1v) is 9.40. The quantitative estimate of drug-likeness (QED) is 0.295. The van der Waals surface area contributed by atoms with Gasteiger partial charge < -0.3 is 30.2 Å². The normalized spacial score (nSPS) is 13.5. The fraction of sp³-hybridized carbons (Fsp3) is 0.278. The van der Waals surface area contributed by atoms with Gasteiger partial charge in [-0.1, -0.05) is 0 Å². The highest BCUT2D eigenvalue weighted by Gasteiger charge is 2.32. The zero-order valence-electron chi connectivity index (χ0n) is 16.4. The third kappa shape index (κ3) is 6.01. The Balaban J connectivity index is 1.66. The summed E-state index contributed by atoms with van der Waals surface area (Å²) in [6.45, 7) is 1.01. The van der Waals surface area contributed by atoms with Crippen molar-refractivity contribution >= 4 is 35.1 Å². The van der Waals surface area contributed by atoms with Crippen molar-refractivity contribution in [1.82, 2.24) is 20.6 Å². The van der Waals surface area contributed by atoms with Gasteiger partial charge in [0.25, 0.3) is 0 Å². The molecule has 4 N–H and O–H groups in total. The summed E-state index contributed by atoms with van der Waals surface area (Å²) in [7, 11) is 1.24. The van der Waals surface area contributed by atoms with Crippen LogP contribution in [0.15, 0.2) is 30.6 Å². The van der Waals surface area contributed by atoms with Crippen LogP contribution in [0.3, 0.4) is 0 Å². The first-order chi connectivity index (χ1) is 15.2. The summed E-state index contributed by atoms with van der Waals surface area (Å²) in [5.74, 6) is -0.442. The van der Waals surface area contributed by atoms with E-state index >= 15 is 0 Å². The van der Waals surface area contributed by atoms with Crippen LogP contribution >= 0.6 is 12.2 Å². The lowest BCUT2D eigenvalue weighted by Gasteiger charge is -2.26. The molecule has 0 radical (unpaired) electrons. The molecule has 2 aromatic rings. The molecule has 1 amide bonds. The topological polar surface area (TPSA) is 130 Å². The van der Waals surface area contributed by atoms with E-state index in [1.807, 2.05) is 0 Å². The average Bonchev–Trinajstić information content (AvgIpc) is 2.71. The van der Waals surface area contributed by atoms with Gasteiger partial charge in [0.05, 0.1) is 25.0 Å². The maximum atomic E-state index is 13.0. The summed E-state index contributed by atoms with van der Waals surface area (Å²) >= 11 is 5.08. The summed E-state index contributed by atoms with van der Waals surface area (Å²) in [6, 6.07) is 3.76. The number of anilines is 1. The Labute approximate surface area is 185 Å². The number of halogens is 3. The molecular formula is C18H17F3N6O4S. The largest absolute Gasteiger partial charge is 0.484 e. The van der Waals surface area contributed by atoms with E-state index in [0.717, 1.165) is 0 Å². The Bertz CT molecular complexity index is 1010. The Morgan fingerprint density at radius 1 is 1.28 bits per heavy atom. The fourth-order valence-electron chi connectivity index (χ4n) is 2.31. The molecule has 2 aromatic heterocycles. The van der Waals surface area contributed by atoms with E-state index in [1.165, 1.54) is 19.3 Å². The van der Waals surface area contributed by atoms with Gasteiger partial charge in [0.2, 0.25) is 0 Å². The number of ether oxygens (including phenoxy) is 3. The number of amidine groups is 1. The first kappa shape index (κ1) is 23.1. The van der Waals surface area contributed by atoms with Crippen LogP contribution in [0.4, 0.5) is 23.8 Å². The monoisotopic (exact) mass is 470 g/mol. The number of thiocarbonyl (C=S) groups is 1. The minimum atomic E-state index is -4.69. The Hall–Kier alpha value is -3.52. The zero-order chi connectivity index (χ0) is 23.3. The molecule has 0 bridgehead atoms. The molecule has 0 atom stereocenters. The molecule has 1 fully saturated rings. The number of carbonyl (C=O) groups is 1. The van der Waals surface area contributed by atoms with Gasteiger partial charge in [0.1, 0.15) is 17.5 Å². The van der Waals surface area contributed by atoms with Gasteiger partial charge in [-0.3, -0.25) is 5.41 Å². The van der Waals surface area contributed by atoms with Crippen molar-refractivity contribution < 1.29 is 32.2 Å². The highest BCUT2D eigenvalue weighted by atomic mass is 32.1. The second kappa shape index (κ2) is 9.74. The van der Waals surface area contributed by atoms with Gasteiger partial charge in [-0.05, 0) is 30.4 Å². The summed E-state index contributed by atoms with van der Waals surface area (Å²) in [5, 5.41) is 15.0. The summed E-state index contributed by atoms with van der Waals surface area (Å²) in [6.07, 6.45) is -3.73. The number of hydrogen-bond donors (Lipinski definition) is 4. The van der Waals surface area contributed by atoms with Crippen LogP contribution in [-0.2, 0) is 10.9 Å². The second-order valence-electron chi connectivity index (χ2n) is 6.32. The number of rotatable bonds is 5. The van der Waals surface area contributed by atoms with Crippen molar-refractivity contribution in [3.05, 3.63) is 41.9 Å². The fourth-order valence-corrected chi connectivity index (χ4v) is 2.51. The van der Waals surface area contributed by atoms with Gasteiger partial charge in [0, 0.05) is 13.2 Å². The molecule has 1 aliphatic rings. The summed E-state index contributed by atoms with van der Waals surface area (Å²) in [5.41, 5.74) is -0.887. The number of alkyl halides is 3. The number of hydrogen-bond acceptors (Lipinski definition) is 8. The zero-order valence-corrected chi connectivity index (χ0v) is 17.3. The van der Waals surface area contributed by atoms with Crippen molar-refractivity contribution in [3.8, 4) is 11.5 Å². The summed E-state index contributed by atoms with van der Waals surface area (Å²) < 4.78 is 54.3. The summed E-state index contributed by atoms with van der Waals surface area (Å²) in [4.78, 5) is 19.2. The number of carbonyl (C=O) groups excluding carboxylic acids is 1. The van der Waals surface area contributed by atoms with Crippen molar-refractivity contribution in [3.63, 3.8) is 0 Å². The van der Waals surface area contributed by atoms with Gasteiger partial charge >= 0.3 is 12.3 Å². The van der Waals surface area contributed by atoms with E-state index in [0.29, 0.717) is 31.2 Å². The predicted octanol–water partition coefficient (Wildman–Crippen LogP) is 2.30. The number of pyridine rings is 2. The van der Waals surface area contributed by atoms with Crippen LogP contribution in [0, 0.1) is 5.41 Å². The van der Waals surface area contributed by atoms with Crippen molar-refractivity contribution in [2.24, 2.45) is 0 Å². The predicted molar refractivity (Wildman–Crippen MR) is 110 cm³/mol. The molecule has 3 rings (SSSR count). The van der Waals surface area contributed by atoms with E-state index in [2.05, 4.69) is 25.9 Å². The van der Waals surface area contributed by atoms with E-state index in [4.69, 9.17) is 31.8 Å². The Morgan fingerprint density at radius 2 is 2.03 bits per heavy atom. The molecule has 0 saturated carbocycles. The van der Waals surface area contributed by atoms with E-state index in [9.17, 15) is 18.0 Å². The van der Waals surface area contributed by atoms with Crippen molar-refractivity contribution in [1.29, 1.82) is 5.41 Å². The molecular weight excluding hydrogens is 453 g/mol. The van der Waals surface area contributed by atoms with Gasteiger partial charge in [0.15, 0.2) is 22.5 Å². The SMILES string of the molecule is CNC(=O)Oc1cc(C(F)(F)F)cnc1NC(=S)NC(=N)c1ccc(OC2COC2)cn1. The smallest absolute Gasteiger partial charge is 0.418 e. The molecule has 32 heavy (non-hydrogen) atoms. The molecule has 3 heterocycles. The van der Waals surface area contributed by atoms with Crippen LogP contribution < -0.4 is 25.4 Å². The Morgan fingerprint density at radius 3 is 2.59 bits per heavy atom. The van der Waals surface area contributed by atoms with Crippen LogP contribution in [0.5, 0.6) is 11.5 Å². The maximum Gasteiger partial charge on any atom is 0.418 e. The van der Waals surface area contributed by atoms with Crippen LogP contribution in [0.25, 0.3) is 0 Å². The van der Waals surface area contributed by atoms with E-state index < -0.39 is 23.6 Å². The Kier molecular flexibility index (Phi) is 7.05.